The molecule has 0 radical (unpaired) electrons. The van der Waals surface area contributed by atoms with E-state index >= 15 is 0 Å². The summed E-state index contributed by atoms with van der Waals surface area (Å²) in [5, 5.41) is 5.02. The molecule has 0 saturated heterocycles. The minimum Gasteiger partial charge on any atom is -0.225 e. The highest BCUT2D eigenvalue weighted by Crippen LogP contribution is 2.24. The second-order valence-corrected chi connectivity index (χ2v) is 9.05. The third-order valence-corrected chi connectivity index (χ3v) is 5.96. The number of rotatable bonds is 6. The Kier molecular flexibility index (Phi) is 5.44. The molecule has 2 rings (SSSR count). The first-order valence-corrected chi connectivity index (χ1v) is 10.3. The van der Waals surface area contributed by atoms with Crippen LogP contribution in [0.1, 0.15) is 25.5 Å². The number of hydrogen-bond donors (Lipinski definition) is 2. The van der Waals surface area contributed by atoms with Crippen molar-refractivity contribution in [2.45, 2.75) is 29.7 Å². The summed E-state index contributed by atoms with van der Waals surface area (Å²) in [6, 6.07) is 13.7. The van der Waals surface area contributed by atoms with Crippen LogP contribution in [0.3, 0.4) is 0 Å². The van der Waals surface area contributed by atoms with Crippen molar-refractivity contribution in [3.63, 3.8) is 0 Å². The second-order valence-electron chi connectivity index (χ2n) is 5.77. The number of primary sulfonamides is 1. The van der Waals surface area contributed by atoms with E-state index in [0.717, 1.165) is 5.56 Å². The number of nitrogens with two attached hydrogens (primary N) is 1. The fourth-order valence-corrected chi connectivity index (χ4v) is 4.18. The largest absolute Gasteiger partial charge is 0.241 e. The summed E-state index contributed by atoms with van der Waals surface area (Å²) >= 11 is 0. The predicted molar refractivity (Wildman–Crippen MR) is 92.2 cm³/mol. The highest BCUT2D eigenvalue weighted by atomic mass is 32.2. The normalized spacial score (nSPS) is 13.8. The van der Waals surface area contributed by atoms with Crippen LogP contribution in [0, 0.1) is 5.92 Å². The molecule has 0 bridgehead atoms. The van der Waals surface area contributed by atoms with Gasteiger partial charge in [-0.15, -0.1) is 0 Å². The first kappa shape index (κ1) is 18.6. The molecule has 2 aromatic rings. The summed E-state index contributed by atoms with van der Waals surface area (Å²) in [5.74, 6) is 0.0332. The second kappa shape index (κ2) is 7.02. The molecule has 2 aromatic carbocycles. The lowest BCUT2D eigenvalue weighted by atomic mass is 9.97. The van der Waals surface area contributed by atoms with Gasteiger partial charge in [-0.05, 0) is 35.7 Å². The van der Waals surface area contributed by atoms with Gasteiger partial charge in [0.2, 0.25) is 20.0 Å². The first-order chi connectivity index (χ1) is 11.1. The van der Waals surface area contributed by atoms with E-state index in [1.807, 2.05) is 44.2 Å². The molecular weight excluding hydrogens is 348 g/mol. The summed E-state index contributed by atoms with van der Waals surface area (Å²) in [7, 11) is -7.66. The van der Waals surface area contributed by atoms with Crippen molar-refractivity contribution in [3.05, 3.63) is 60.2 Å². The summed E-state index contributed by atoms with van der Waals surface area (Å²) in [6.45, 7) is 3.84. The van der Waals surface area contributed by atoms with Gasteiger partial charge in [-0.2, -0.15) is 0 Å². The lowest BCUT2D eigenvalue weighted by Gasteiger charge is -2.22. The predicted octanol–water partition coefficient (Wildman–Crippen LogP) is 2.01. The number of sulfonamides is 2. The van der Waals surface area contributed by atoms with Crippen molar-refractivity contribution in [1.29, 1.82) is 0 Å². The molecule has 0 heterocycles. The minimum absolute atomic E-state index is 0.0171. The number of nitrogens with one attached hydrogen (secondary N) is 1. The van der Waals surface area contributed by atoms with E-state index in [1.165, 1.54) is 24.3 Å². The molecule has 0 aliphatic carbocycles. The SMILES string of the molecule is CC(C)C(NS(=O)(=O)c1ccc(S(N)(=O)=O)cc1)c1ccccc1. The fraction of sp³-hybridized carbons (Fsp3) is 0.250. The van der Waals surface area contributed by atoms with Gasteiger partial charge in [-0.25, -0.2) is 26.7 Å². The van der Waals surface area contributed by atoms with Crippen LogP contribution in [0.25, 0.3) is 0 Å². The lowest BCUT2D eigenvalue weighted by molar-refractivity contribution is 0.463. The van der Waals surface area contributed by atoms with E-state index in [9.17, 15) is 16.8 Å². The smallest absolute Gasteiger partial charge is 0.225 e. The van der Waals surface area contributed by atoms with E-state index in [0.29, 0.717) is 0 Å². The van der Waals surface area contributed by atoms with Gasteiger partial charge in [0.05, 0.1) is 9.79 Å². The molecule has 0 fully saturated rings. The Balaban J connectivity index is 2.32. The molecular formula is C16H20N2O4S2. The number of benzene rings is 2. The molecule has 0 aliphatic heterocycles. The topological polar surface area (TPSA) is 106 Å². The van der Waals surface area contributed by atoms with Crippen LogP contribution < -0.4 is 9.86 Å². The molecule has 0 spiro atoms. The van der Waals surface area contributed by atoms with E-state index in [1.54, 1.807) is 0 Å². The highest BCUT2D eigenvalue weighted by Gasteiger charge is 2.24. The Hall–Kier alpha value is -1.74. The summed E-state index contributed by atoms with van der Waals surface area (Å²) in [6.07, 6.45) is 0. The van der Waals surface area contributed by atoms with Gasteiger partial charge in [0.25, 0.3) is 0 Å². The van der Waals surface area contributed by atoms with Gasteiger partial charge in [0.1, 0.15) is 0 Å². The summed E-state index contributed by atoms with van der Waals surface area (Å²) in [5.41, 5.74) is 0.859. The van der Waals surface area contributed by atoms with Crippen LogP contribution in [0.4, 0.5) is 0 Å². The first-order valence-electron chi connectivity index (χ1n) is 7.31. The Bertz CT molecular complexity index is 891. The van der Waals surface area contributed by atoms with Crippen molar-refractivity contribution in [1.82, 2.24) is 4.72 Å². The maximum absolute atomic E-state index is 12.6. The summed E-state index contributed by atoms with van der Waals surface area (Å²) in [4.78, 5) is -0.151. The lowest BCUT2D eigenvalue weighted by Crippen LogP contribution is -2.31. The zero-order valence-electron chi connectivity index (χ0n) is 13.4. The molecule has 3 N–H and O–H groups in total. The Morgan fingerprint density at radius 2 is 1.33 bits per heavy atom. The van der Waals surface area contributed by atoms with Crippen molar-refractivity contribution in [3.8, 4) is 0 Å². The van der Waals surface area contributed by atoms with E-state index in [-0.39, 0.29) is 15.7 Å². The van der Waals surface area contributed by atoms with E-state index < -0.39 is 26.1 Å². The molecule has 1 unspecified atom stereocenters. The van der Waals surface area contributed by atoms with Crippen LogP contribution in [0.15, 0.2) is 64.4 Å². The molecule has 8 heteroatoms. The zero-order chi connectivity index (χ0) is 18.0. The highest BCUT2D eigenvalue weighted by molar-refractivity contribution is 7.89. The molecule has 1 atom stereocenters. The third-order valence-electron chi connectivity index (χ3n) is 3.57. The molecule has 0 saturated carbocycles. The van der Waals surface area contributed by atoms with E-state index in [2.05, 4.69) is 4.72 Å². The maximum Gasteiger partial charge on any atom is 0.241 e. The molecule has 24 heavy (non-hydrogen) atoms. The van der Waals surface area contributed by atoms with Gasteiger partial charge in [-0.1, -0.05) is 44.2 Å². The quantitative estimate of drug-likeness (QED) is 0.813. The average molecular weight is 368 g/mol. The van der Waals surface area contributed by atoms with Gasteiger partial charge < -0.3 is 0 Å². The van der Waals surface area contributed by atoms with Gasteiger partial charge in [0, 0.05) is 6.04 Å². The minimum atomic E-state index is -3.86. The van der Waals surface area contributed by atoms with Crippen LogP contribution in [-0.4, -0.2) is 16.8 Å². The molecule has 6 nitrogen and oxygen atoms in total. The fourth-order valence-electron chi connectivity index (χ4n) is 2.29. The summed E-state index contributed by atoms with van der Waals surface area (Å²) < 4.78 is 50.4. The Morgan fingerprint density at radius 3 is 1.79 bits per heavy atom. The Morgan fingerprint density at radius 1 is 0.833 bits per heavy atom. The van der Waals surface area contributed by atoms with Crippen molar-refractivity contribution in [2.75, 3.05) is 0 Å². The third kappa shape index (κ3) is 4.41. The van der Waals surface area contributed by atoms with Crippen LogP contribution in [-0.2, 0) is 20.0 Å². The standard InChI is InChI=1S/C16H20N2O4S2/c1-12(2)16(13-6-4-3-5-7-13)18-24(21,22)15-10-8-14(9-11-15)23(17,19)20/h3-12,16,18H,1-2H3,(H2,17,19,20). The van der Waals surface area contributed by atoms with Crippen LogP contribution >= 0.6 is 0 Å². The van der Waals surface area contributed by atoms with Gasteiger partial charge in [0.15, 0.2) is 0 Å². The van der Waals surface area contributed by atoms with Crippen LogP contribution in [0.2, 0.25) is 0 Å². The van der Waals surface area contributed by atoms with Crippen molar-refractivity contribution < 1.29 is 16.8 Å². The zero-order valence-corrected chi connectivity index (χ0v) is 15.0. The van der Waals surface area contributed by atoms with Crippen molar-refractivity contribution in [2.24, 2.45) is 11.1 Å². The average Bonchev–Trinajstić information content (AvgIpc) is 2.52. The monoisotopic (exact) mass is 368 g/mol. The van der Waals surface area contributed by atoms with Gasteiger partial charge in [-0.3, -0.25) is 0 Å². The van der Waals surface area contributed by atoms with Crippen LogP contribution in [0.5, 0.6) is 0 Å². The van der Waals surface area contributed by atoms with Crippen molar-refractivity contribution >= 4 is 20.0 Å². The molecule has 0 amide bonds. The maximum atomic E-state index is 12.6. The molecule has 0 aromatic heterocycles. The Labute approximate surface area is 142 Å². The van der Waals surface area contributed by atoms with Gasteiger partial charge >= 0.3 is 0 Å². The molecule has 0 aliphatic rings. The number of hydrogen-bond acceptors (Lipinski definition) is 4. The molecule has 130 valence electrons. The van der Waals surface area contributed by atoms with E-state index in [4.69, 9.17) is 5.14 Å².